The number of hydrogen-bond acceptors (Lipinski definition) is 2. The van der Waals surface area contributed by atoms with Crippen molar-refractivity contribution in [2.75, 3.05) is 0 Å². The van der Waals surface area contributed by atoms with Crippen LogP contribution in [0.3, 0.4) is 0 Å². The largest absolute Gasteiger partial charge is 0.303 e. The Hall–Kier alpha value is -0.595. The molecule has 0 saturated heterocycles. The first kappa shape index (κ1) is 10.4. The summed E-state index contributed by atoms with van der Waals surface area (Å²) in [7, 11) is 0. The predicted molar refractivity (Wildman–Crippen MR) is 31.7 cm³/mol. The summed E-state index contributed by atoms with van der Waals surface area (Å²) in [6.45, 7) is 0. The molecule has 0 N–H and O–H groups in total. The standard InChI is InChI=1S/C5H8O2.B/c6-4-2-1-3-5-7;/h4-5H,1-3H2;. The summed E-state index contributed by atoms with van der Waals surface area (Å²) in [6.07, 6.45) is 3.37. The highest BCUT2D eigenvalue weighted by Gasteiger charge is 1.80. The fourth-order valence-electron chi connectivity index (χ4n) is 0.285. The van der Waals surface area contributed by atoms with E-state index in [4.69, 9.17) is 0 Å². The summed E-state index contributed by atoms with van der Waals surface area (Å²) >= 11 is 0. The zero-order valence-corrected chi connectivity index (χ0v) is 4.67. The molecule has 3 radical (unpaired) electrons. The molecular formula is C5H8BO2. The summed E-state index contributed by atoms with van der Waals surface area (Å²) < 4.78 is 0. The fourth-order valence-corrected chi connectivity index (χ4v) is 0.285. The van der Waals surface area contributed by atoms with Crippen LogP contribution in [0.5, 0.6) is 0 Å². The molecule has 43 valence electrons. The highest BCUT2D eigenvalue weighted by atomic mass is 16.1. The Morgan fingerprint density at radius 3 is 1.62 bits per heavy atom. The van der Waals surface area contributed by atoms with Crippen molar-refractivity contribution in [3.8, 4) is 0 Å². The molecule has 2 nitrogen and oxygen atoms in total. The van der Waals surface area contributed by atoms with Gasteiger partial charge in [-0.2, -0.15) is 0 Å². The van der Waals surface area contributed by atoms with Gasteiger partial charge in [0.2, 0.25) is 0 Å². The Balaban J connectivity index is 0. The minimum absolute atomic E-state index is 0. The van der Waals surface area contributed by atoms with Crippen LogP contribution in [0.15, 0.2) is 0 Å². The Morgan fingerprint density at radius 1 is 1.00 bits per heavy atom. The number of unbranched alkanes of at least 4 members (excludes halogenated alkanes) is 2. The molecule has 0 fully saturated rings. The Kier molecular flexibility index (Phi) is 12.5. The van der Waals surface area contributed by atoms with Gasteiger partial charge in [0, 0.05) is 21.3 Å². The van der Waals surface area contributed by atoms with Gasteiger partial charge in [-0.25, -0.2) is 0 Å². The van der Waals surface area contributed by atoms with Gasteiger partial charge >= 0.3 is 0 Å². The number of rotatable bonds is 4. The van der Waals surface area contributed by atoms with Gasteiger partial charge in [-0.3, -0.25) is 0 Å². The van der Waals surface area contributed by atoms with E-state index in [0.29, 0.717) is 19.3 Å². The summed E-state index contributed by atoms with van der Waals surface area (Å²) in [4.78, 5) is 19.1. The van der Waals surface area contributed by atoms with Crippen LogP contribution in [0.2, 0.25) is 0 Å². The van der Waals surface area contributed by atoms with Gasteiger partial charge in [-0.1, -0.05) is 0 Å². The van der Waals surface area contributed by atoms with E-state index in [1.165, 1.54) is 0 Å². The van der Waals surface area contributed by atoms with Crippen LogP contribution in [0.1, 0.15) is 19.3 Å². The smallest absolute Gasteiger partial charge is 0.120 e. The topological polar surface area (TPSA) is 34.1 Å². The summed E-state index contributed by atoms with van der Waals surface area (Å²) in [5.74, 6) is 0. The number of aldehydes is 2. The van der Waals surface area contributed by atoms with Crippen LogP contribution in [0, 0.1) is 0 Å². The molecule has 0 aromatic rings. The van der Waals surface area contributed by atoms with Crippen LogP contribution in [0.4, 0.5) is 0 Å². The zero-order valence-electron chi connectivity index (χ0n) is 4.67. The Labute approximate surface area is 50.8 Å². The van der Waals surface area contributed by atoms with E-state index in [-0.39, 0.29) is 8.41 Å². The van der Waals surface area contributed by atoms with Gasteiger partial charge in [0.05, 0.1) is 0 Å². The molecule has 8 heavy (non-hydrogen) atoms. The van der Waals surface area contributed by atoms with E-state index < -0.39 is 0 Å². The molecule has 3 heteroatoms. The van der Waals surface area contributed by atoms with Crippen molar-refractivity contribution in [3.63, 3.8) is 0 Å². The summed E-state index contributed by atoms with van der Waals surface area (Å²) in [5.41, 5.74) is 0. The summed E-state index contributed by atoms with van der Waals surface area (Å²) in [5, 5.41) is 0. The van der Waals surface area contributed by atoms with Crippen molar-refractivity contribution in [3.05, 3.63) is 0 Å². The van der Waals surface area contributed by atoms with Crippen molar-refractivity contribution in [2.24, 2.45) is 0 Å². The monoisotopic (exact) mass is 111 g/mol. The lowest BCUT2D eigenvalue weighted by molar-refractivity contribution is -0.108. The van der Waals surface area contributed by atoms with Crippen LogP contribution >= 0.6 is 0 Å². The maximum Gasteiger partial charge on any atom is 0.120 e. The van der Waals surface area contributed by atoms with Crippen molar-refractivity contribution in [1.29, 1.82) is 0 Å². The quantitative estimate of drug-likeness (QED) is 0.294. The van der Waals surface area contributed by atoms with Crippen molar-refractivity contribution < 1.29 is 9.59 Å². The van der Waals surface area contributed by atoms with Gasteiger partial charge in [-0.15, -0.1) is 0 Å². The lowest BCUT2D eigenvalue weighted by atomic mass is 10.3. The van der Waals surface area contributed by atoms with Gasteiger partial charge in [0.1, 0.15) is 12.6 Å². The molecule has 0 heterocycles. The van der Waals surface area contributed by atoms with E-state index in [2.05, 4.69) is 0 Å². The van der Waals surface area contributed by atoms with Crippen LogP contribution in [-0.2, 0) is 9.59 Å². The average Bonchev–Trinajstić information content (AvgIpc) is 1.69. The van der Waals surface area contributed by atoms with Crippen molar-refractivity contribution >= 4 is 21.0 Å². The normalized spacial score (nSPS) is 7.00. The first-order valence-corrected chi connectivity index (χ1v) is 2.29. The van der Waals surface area contributed by atoms with Crippen LogP contribution in [0.25, 0.3) is 0 Å². The third-order valence-corrected chi connectivity index (χ3v) is 0.644. The zero-order chi connectivity index (χ0) is 5.54. The van der Waals surface area contributed by atoms with E-state index in [1.807, 2.05) is 0 Å². The van der Waals surface area contributed by atoms with E-state index >= 15 is 0 Å². The molecule has 0 aromatic carbocycles. The van der Waals surface area contributed by atoms with E-state index in [0.717, 1.165) is 12.6 Å². The summed E-state index contributed by atoms with van der Waals surface area (Å²) in [6, 6.07) is 0. The van der Waals surface area contributed by atoms with Crippen molar-refractivity contribution in [1.82, 2.24) is 0 Å². The molecule has 0 aliphatic heterocycles. The Morgan fingerprint density at radius 2 is 1.38 bits per heavy atom. The highest BCUT2D eigenvalue weighted by molar-refractivity contribution is 5.75. The number of hydrogen-bond donors (Lipinski definition) is 0. The molecule has 0 amide bonds. The van der Waals surface area contributed by atoms with Crippen LogP contribution < -0.4 is 0 Å². The van der Waals surface area contributed by atoms with Gasteiger partial charge in [0.15, 0.2) is 0 Å². The van der Waals surface area contributed by atoms with Crippen LogP contribution in [-0.4, -0.2) is 21.0 Å². The second kappa shape index (κ2) is 9.64. The highest BCUT2D eigenvalue weighted by Crippen LogP contribution is 1.85. The van der Waals surface area contributed by atoms with Gasteiger partial charge in [0.25, 0.3) is 0 Å². The molecule has 0 aromatic heterocycles. The predicted octanol–water partition coefficient (Wildman–Crippen LogP) is 0.174. The molecule has 0 aliphatic carbocycles. The molecule has 0 spiro atoms. The number of carbonyl (C=O) groups is 2. The average molecular weight is 111 g/mol. The molecule has 0 rings (SSSR count). The third kappa shape index (κ3) is 9.05. The first-order valence-electron chi connectivity index (χ1n) is 2.29. The molecule has 0 aliphatic rings. The SMILES string of the molecule is O=CCCCC=O.[B]. The van der Waals surface area contributed by atoms with E-state index in [1.54, 1.807) is 0 Å². The maximum absolute atomic E-state index is 9.56. The minimum atomic E-state index is 0. The van der Waals surface area contributed by atoms with Crippen molar-refractivity contribution in [2.45, 2.75) is 19.3 Å². The van der Waals surface area contributed by atoms with E-state index in [9.17, 15) is 9.59 Å². The lowest BCUT2D eigenvalue weighted by Gasteiger charge is -1.78. The third-order valence-electron chi connectivity index (χ3n) is 0.644. The lowest BCUT2D eigenvalue weighted by Crippen LogP contribution is -1.76. The second-order valence-corrected chi connectivity index (χ2v) is 1.26. The molecule has 0 atom stereocenters. The minimum Gasteiger partial charge on any atom is -0.303 e. The molecule has 0 unspecified atom stereocenters. The van der Waals surface area contributed by atoms with Gasteiger partial charge in [-0.05, 0) is 6.42 Å². The van der Waals surface area contributed by atoms with Gasteiger partial charge < -0.3 is 9.59 Å². The first-order chi connectivity index (χ1) is 3.41. The second-order valence-electron chi connectivity index (χ2n) is 1.26. The number of carbonyl (C=O) groups excluding carboxylic acids is 2. The maximum atomic E-state index is 9.56. The fraction of sp³-hybridized carbons (Fsp3) is 0.600. The molecule has 0 bridgehead atoms. The Bertz CT molecular complexity index is 55.4. The molecule has 0 saturated carbocycles. The molecular weight excluding hydrogens is 103 g/mol.